The van der Waals surface area contributed by atoms with Gasteiger partial charge in [-0.05, 0) is 19.1 Å². The average molecular weight is 362 g/mol. The molecule has 0 spiro atoms. The van der Waals surface area contributed by atoms with Crippen molar-refractivity contribution in [2.24, 2.45) is 5.10 Å². The van der Waals surface area contributed by atoms with Crippen LogP contribution in [0.15, 0.2) is 35.4 Å². The zero-order valence-electron chi connectivity index (χ0n) is 14.0. The van der Waals surface area contributed by atoms with Crippen LogP contribution >= 0.6 is 11.6 Å². The van der Waals surface area contributed by atoms with Crippen molar-refractivity contribution in [3.05, 3.63) is 46.7 Å². The van der Waals surface area contributed by atoms with Crippen molar-refractivity contribution in [1.82, 2.24) is 20.1 Å². The number of amides is 1. The predicted molar refractivity (Wildman–Crippen MR) is 96.3 cm³/mol. The Balaban J connectivity index is 1.63. The molecule has 0 unspecified atom stereocenters. The molecule has 0 aliphatic carbocycles. The highest BCUT2D eigenvalue weighted by Crippen LogP contribution is 2.21. The quantitative estimate of drug-likeness (QED) is 0.649. The number of nitrogens with zero attached hydrogens (tertiary/aromatic N) is 4. The van der Waals surface area contributed by atoms with E-state index in [0.717, 1.165) is 24.5 Å². The molecule has 132 valence electrons. The van der Waals surface area contributed by atoms with Gasteiger partial charge in [0, 0.05) is 13.1 Å². The third-order valence-electron chi connectivity index (χ3n) is 3.90. The molecular formula is C17H20ClN5O2. The van der Waals surface area contributed by atoms with Crippen LogP contribution in [0.3, 0.4) is 0 Å². The summed E-state index contributed by atoms with van der Waals surface area (Å²) in [5.74, 6) is -0.164. The van der Waals surface area contributed by atoms with Crippen molar-refractivity contribution in [2.45, 2.75) is 6.92 Å². The van der Waals surface area contributed by atoms with E-state index in [2.05, 4.69) is 15.6 Å². The molecule has 1 aliphatic rings. The summed E-state index contributed by atoms with van der Waals surface area (Å²) in [6, 6.07) is 9.61. The second kappa shape index (κ2) is 8.24. The van der Waals surface area contributed by atoms with Gasteiger partial charge in [0.25, 0.3) is 5.91 Å². The molecule has 0 saturated carbocycles. The summed E-state index contributed by atoms with van der Waals surface area (Å²) in [6.45, 7) is 4.98. The van der Waals surface area contributed by atoms with Crippen LogP contribution in [0.25, 0.3) is 5.69 Å². The van der Waals surface area contributed by atoms with Crippen molar-refractivity contribution < 1.29 is 9.53 Å². The number of carbonyl (C=O) groups excluding carboxylic acids is 1. The second-order valence-corrected chi connectivity index (χ2v) is 6.08. The predicted octanol–water partition coefficient (Wildman–Crippen LogP) is 1.62. The van der Waals surface area contributed by atoms with Gasteiger partial charge >= 0.3 is 0 Å². The molecule has 8 heteroatoms. The molecule has 0 atom stereocenters. The fourth-order valence-corrected chi connectivity index (χ4v) is 2.89. The largest absolute Gasteiger partial charge is 0.379 e. The van der Waals surface area contributed by atoms with Crippen LogP contribution in [0.5, 0.6) is 0 Å². The maximum atomic E-state index is 11.9. The average Bonchev–Trinajstić information content (AvgIpc) is 2.91. The van der Waals surface area contributed by atoms with Gasteiger partial charge in [-0.3, -0.25) is 9.69 Å². The zero-order chi connectivity index (χ0) is 17.6. The van der Waals surface area contributed by atoms with E-state index in [0.29, 0.717) is 30.5 Å². The maximum absolute atomic E-state index is 11.9. The molecule has 1 aromatic carbocycles. The molecule has 1 saturated heterocycles. The number of halogens is 1. The molecule has 2 heterocycles. The van der Waals surface area contributed by atoms with Gasteiger partial charge in [0.15, 0.2) is 0 Å². The summed E-state index contributed by atoms with van der Waals surface area (Å²) in [7, 11) is 0. The minimum absolute atomic E-state index is 0.164. The number of hydrazone groups is 1. The molecule has 0 radical (unpaired) electrons. The molecular weight excluding hydrogens is 342 g/mol. The van der Waals surface area contributed by atoms with Crippen LogP contribution in [0.2, 0.25) is 5.15 Å². The van der Waals surface area contributed by atoms with Crippen molar-refractivity contribution in [1.29, 1.82) is 0 Å². The lowest BCUT2D eigenvalue weighted by molar-refractivity contribution is -0.123. The molecule has 1 N–H and O–H groups in total. The minimum atomic E-state index is -0.164. The summed E-state index contributed by atoms with van der Waals surface area (Å²) in [4.78, 5) is 14.0. The number of nitrogens with one attached hydrogen (secondary N) is 1. The molecule has 0 bridgehead atoms. The lowest BCUT2D eigenvalue weighted by Gasteiger charge is -2.25. The zero-order valence-corrected chi connectivity index (χ0v) is 14.7. The first-order chi connectivity index (χ1) is 12.1. The van der Waals surface area contributed by atoms with E-state index < -0.39 is 0 Å². The Kier molecular flexibility index (Phi) is 5.80. The lowest BCUT2D eigenvalue weighted by atomic mass is 10.3. The minimum Gasteiger partial charge on any atom is -0.379 e. The van der Waals surface area contributed by atoms with Crippen LogP contribution in [-0.2, 0) is 9.53 Å². The number of ether oxygens (including phenoxy) is 1. The Hall–Kier alpha value is -2.22. The van der Waals surface area contributed by atoms with Gasteiger partial charge in [-0.1, -0.05) is 29.8 Å². The van der Waals surface area contributed by atoms with Crippen LogP contribution in [0, 0.1) is 6.92 Å². The number of morpholine rings is 1. The first-order valence-corrected chi connectivity index (χ1v) is 8.45. The van der Waals surface area contributed by atoms with E-state index >= 15 is 0 Å². The third kappa shape index (κ3) is 4.45. The summed E-state index contributed by atoms with van der Waals surface area (Å²) >= 11 is 6.41. The lowest BCUT2D eigenvalue weighted by Crippen LogP contribution is -2.42. The van der Waals surface area contributed by atoms with Crippen molar-refractivity contribution in [3.8, 4) is 5.69 Å². The summed E-state index contributed by atoms with van der Waals surface area (Å²) in [5, 5.41) is 8.90. The van der Waals surface area contributed by atoms with Crippen molar-refractivity contribution >= 4 is 23.7 Å². The SMILES string of the molecule is Cc1nn(-c2ccccc2)c(Cl)c1/C=N\NC(=O)CN1CCOCC1. The van der Waals surface area contributed by atoms with Crippen LogP contribution in [0.1, 0.15) is 11.3 Å². The molecule has 7 nitrogen and oxygen atoms in total. The number of aromatic nitrogens is 2. The Morgan fingerprint density at radius 1 is 1.36 bits per heavy atom. The Morgan fingerprint density at radius 2 is 2.08 bits per heavy atom. The van der Waals surface area contributed by atoms with Crippen molar-refractivity contribution in [3.63, 3.8) is 0 Å². The fourth-order valence-electron chi connectivity index (χ4n) is 2.56. The molecule has 1 fully saturated rings. The Labute approximate surface area is 151 Å². The standard InChI is InChI=1S/C17H20ClN5O2/c1-13-15(17(18)23(21-13)14-5-3-2-4-6-14)11-19-20-16(24)12-22-7-9-25-10-8-22/h2-6,11H,7-10,12H2,1H3,(H,20,24)/b19-11-. The molecule has 3 rings (SSSR count). The van der Waals surface area contributed by atoms with Crippen LogP contribution in [0.4, 0.5) is 0 Å². The molecule has 25 heavy (non-hydrogen) atoms. The molecule has 1 aromatic heterocycles. The highest BCUT2D eigenvalue weighted by atomic mass is 35.5. The number of para-hydroxylation sites is 1. The van der Waals surface area contributed by atoms with Crippen LogP contribution in [-0.4, -0.2) is 59.7 Å². The van der Waals surface area contributed by atoms with Gasteiger partial charge in [0.1, 0.15) is 5.15 Å². The van der Waals surface area contributed by atoms with Crippen molar-refractivity contribution in [2.75, 3.05) is 32.8 Å². The Bertz CT molecular complexity index is 754. The molecule has 2 aromatic rings. The monoisotopic (exact) mass is 361 g/mol. The number of aryl methyl sites for hydroxylation is 1. The first kappa shape index (κ1) is 17.6. The van der Waals surface area contributed by atoms with E-state index in [1.807, 2.05) is 42.2 Å². The normalized spacial score (nSPS) is 15.6. The number of hydrogen-bond acceptors (Lipinski definition) is 5. The van der Waals surface area contributed by atoms with E-state index in [4.69, 9.17) is 16.3 Å². The van der Waals surface area contributed by atoms with Gasteiger partial charge < -0.3 is 4.74 Å². The summed E-state index contributed by atoms with van der Waals surface area (Å²) < 4.78 is 6.91. The Morgan fingerprint density at radius 3 is 2.80 bits per heavy atom. The van der Waals surface area contributed by atoms with Gasteiger partial charge in [0.2, 0.25) is 0 Å². The number of rotatable bonds is 5. The molecule has 1 amide bonds. The smallest absolute Gasteiger partial charge is 0.254 e. The van der Waals surface area contributed by atoms with E-state index in [1.165, 1.54) is 6.21 Å². The van der Waals surface area contributed by atoms with E-state index in [1.54, 1.807) is 4.68 Å². The van der Waals surface area contributed by atoms with Gasteiger partial charge in [-0.2, -0.15) is 10.2 Å². The number of carbonyl (C=O) groups is 1. The van der Waals surface area contributed by atoms with Gasteiger partial charge in [0.05, 0.1) is 42.9 Å². The first-order valence-electron chi connectivity index (χ1n) is 8.07. The second-order valence-electron chi connectivity index (χ2n) is 5.72. The number of hydrogen-bond donors (Lipinski definition) is 1. The fraction of sp³-hybridized carbons (Fsp3) is 0.353. The van der Waals surface area contributed by atoms with E-state index in [-0.39, 0.29) is 5.91 Å². The van der Waals surface area contributed by atoms with Crippen LogP contribution < -0.4 is 5.43 Å². The topological polar surface area (TPSA) is 71.8 Å². The third-order valence-corrected chi connectivity index (χ3v) is 4.27. The van der Waals surface area contributed by atoms with E-state index in [9.17, 15) is 4.79 Å². The summed E-state index contributed by atoms with van der Waals surface area (Å²) in [5.41, 5.74) is 4.82. The maximum Gasteiger partial charge on any atom is 0.254 e. The van der Waals surface area contributed by atoms with Gasteiger partial charge in [-0.25, -0.2) is 10.1 Å². The molecule has 1 aliphatic heterocycles. The highest BCUT2D eigenvalue weighted by Gasteiger charge is 2.15. The van der Waals surface area contributed by atoms with Gasteiger partial charge in [-0.15, -0.1) is 0 Å². The highest BCUT2D eigenvalue weighted by molar-refractivity contribution is 6.32. The number of benzene rings is 1. The summed E-state index contributed by atoms with van der Waals surface area (Å²) in [6.07, 6.45) is 1.53.